The largest absolute Gasteiger partial charge is 0.458 e. The first kappa shape index (κ1) is 23.4. The van der Waals surface area contributed by atoms with E-state index in [0.717, 1.165) is 51.0 Å². The van der Waals surface area contributed by atoms with E-state index in [1.165, 1.54) is 5.56 Å². The van der Waals surface area contributed by atoms with Crippen LogP contribution in [0.25, 0.3) is 22.5 Å². The molecule has 2 aromatic carbocycles. The normalized spacial score (nSPS) is 12.4. The zero-order valence-electron chi connectivity index (χ0n) is 20.0. The number of hydrogen-bond acceptors (Lipinski definition) is 3. The number of rotatable bonds is 5. The van der Waals surface area contributed by atoms with Crippen LogP contribution < -0.4 is 5.56 Å². The van der Waals surface area contributed by atoms with Gasteiger partial charge in [-0.2, -0.15) is 0 Å². The Morgan fingerprint density at radius 3 is 2.49 bits per heavy atom. The van der Waals surface area contributed by atoms with Gasteiger partial charge in [-0.05, 0) is 77.9 Å². The van der Waals surface area contributed by atoms with Crippen LogP contribution in [0.15, 0.2) is 69.9 Å². The summed E-state index contributed by atoms with van der Waals surface area (Å²) in [6, 6.07) is 20.0. The van der Waals surface area contributed by atoms with Crippen LogP contribution in [-0.2, 0) is 24.1 Å². The van der Waals surface area contributed by atoms with Gasteiger partial charge in [-0.1, -0.05) is 60.2 Å². The van der Waals surface area contributed by atoms with Crippen molar-refractivity contribution in [2.75, 3.05) is 0 Å². The topological polar surface area (TPSA) is 64.1 Å². The Morgan fingerprint density at radius 2 is 1.80 bits per heavy atom. The molecule has 0 saturated heterocycles. The molecule has 0 unspecified atom stereocenters. The Labute approximate surface area is 212 Å². The van der Waals surface area contributed by atoms with E-state index in [1.54, 1.807) is 0 Å². The number of esters is 1. The molecular weight excluding hydrogens is 504 g/mol. The third kappa shape index (κ3) is 4.39. The third-order valence-electron chi connectivity index (χ3n) is 6.38. The monoisotopic (exact) mass is 530 g/mol. The lowest BCUT2D eigenvalue weighted by Gasteiger charge is -2.21. The summed E-state index contributed by atoms with van der Waals surface area (Å²) >= 11 is 3.71. The molecule has 0 bridgehead atoms. The number of hydrogen-bond donors (Lipinski definition) is 1. The first-order valence-corrected chi connectivity index (χ1v) is 12.6. The quantitative estimate of drug-likeness (QED) is 0.308. The lowest BCUT2D eigenvalue weighted by atomic mass is 9.92. The molecule has 1 N–H and O–H groups in total. The van der Waals surface area contributed by atoms with E-state index in [-0.39, 0.29) is 17.6 Å². The Morgan fingerprint density at radius 1 is 1.09 bits per heavy atom. The molecule has 0 radical (unpaired) electrons. The highest BCUT2D eigenvalue weighted by molar-refractivity contribution is 9.10. The Hall–Kier alpha value is -3.38. The zero-order valence-corrected chi connectivity index (χ0v) is 21.6. The fourth-order valence-electron chi connectivity index (χ4n) is 4.73. The fourth-order valence-corrected chi connectivity index (χ4v) is 5.49. The molecule has 35 heavy (non-hydrogen) atoms. The van der Waals surface area contributed by atoms with Gasteiger partial charge in [0.1, 0.15) is 5.69 Å². The summed E-state index contributed by atoms with van der Waals surface area (Å²) in [6.07, 6.45) is 1.28. The van der Waals surface area contributed by atoms with Crippen LogP contribution in [0.1, 0.15) is 46.6 Å². The van der Waals surface area contributed by atoms with Crippen molar-refractivity contribution in [3.05, 3.63) is 103 Å². The van der Waals surface area contributed by atoms with Crippen LogP contribution in [0.2, 0.25) is 0 Å². The molecule has 0 spiro atoms. The predicted octanol–water partition coefficient (Wildman–Crippen LogP) is 6.29. The highest BCUT2D eigenvalue weighted by Gasteiger charge is 2.32. The first-order chi connectivity index (χ1) is 16.8. The van der Waals surface area contributed by atoms with Gasteiger partial charge in [0.15, 0.2) is 0 Å². The lowest BCUT2D eigenvalue weighted by Crippen LogP contribution is -2.20. The predicted molar refractivity (Wildman–Crippen MR) is 142 cm³/mol. The van der Waals surface area contributed by atoms with Crippen LogP contribution >= 0.6 is 15.9 Å². The number of aromatic amines is 1. The second-order valence-electron chi connectivity index (χ2n) is 9.29. The minimum Gasteiger partial charge on any atom is -0.458 e. The standard InChI is InChI=1S/C29H27BrN2O3/c1-17(2)35-29(34)27-24(30)22-14-13-21-15-23(20-7-5-4-6-8-20)28(33)31-25(21)26(22)32(27)16-19-11-9-18(3)10-12-19/h4-12,15,17H,13-14,16H2,1-3H3,(H,31,33). The molecule has 1 aliphatic rings. The SMILES string of the molecule is Cc1ccc(Cn2c(C(=O)OC(C)C)c(Br)c3c2-c2[nH]c(=O)c(-c4ccccc4)cc2CC3)cc1. The van der Waals surface area contributed by atoms with Crippen molar-refractivity contribution in [1.82, 2.24) is 9.55 Å². The van der Waals surface area contributed by atoms with Crippen molar-refractivity contribution >= 4 is 21.9 Å². The lowest BCUT2D eigenvalue weighted by molar-refractivity contribution is 0.0364. The van der Waals surface area contributed by atoms with Gasteiger partial charge in [0.2, 0.25) is 0 Å². The van der Waals surface area contributed by atoms with Crippen LogP contribution in [0, 0.1) is 6.92 Å². The maximum absolute atomic E-state index is 13.2. The number of aromatic nitrogens is 2. The number of nitrogens with zero attached hydrogens (tertiary/aromatic N) is 1. The minimum absolute atomic E-state index is 0.145. The van der Waals surface area contributed by atoms with Crippen LogP contribution in [0.3, 0.4) is 0 Å². The van der Waals surface area contributed by atoms with Gasteiger partial charge < -0.3 is 14.3 Å². The van der Waals surface area contributed by atoms with Crippen LogP contribution in [0.4, 0.5) is 0 Å². The van der Waals surface area contributed by atoms with E-state index in [1.807, 2.05) is 54.8 Å². The average molecular weight is 531 g/mol. The van der Waals surface area contributed by atoms with Crippen molar-refractivity contribution in [3.63, 3.8) is 0 Å². The molecular formula is C29H27BrN2O3. The fraction of sp³-hybridized carbons (Fsp3) is 0.241. The molecule has 178 valence electrons. The number of carbonyl (C=O) groups is 1. The number of aryl methyl sites for hydroxylation is 2. The summed E-state index contributed by atoms with van der Waals surface area (Å²) in [5, 5.41) is 0. The number of ether oxygens (including phenoxy) is 1. The Bertz CT molecular complexity index is 1460. The second-order valence-corrected chi connectivity index (χ2v) is 10.1. The van der Waals surface area contributed by atoms with Crippen LogP contribution in [0.5, 0.6) is 0 Å². The van der Waals surface area contributed by atoms with Gasteiger partial charge >= 0.3 is 5.97 Å². The molecule has 2 heterocycles. The van der Waals surface area contributed by atoms with Gasteiger partial charge in [0, 0.05) is 12.1 Å². The summed E-state index contributed by atoms with van der Waals surface area (Å²) in [6.45, 7) is 6.22. The first-order valence-electron chi connectivity index (χ1n) is 11.8. The van der Waals surface area contributed by atoms with Gasteiger partial charge in [-0.25, -0.2) is 4.79 Å². The van der Waals surface area contributed by atoms with Crippen LogP contribution in [-0.4, -0.2) is 21.6 Å². The maximum Gasteiger partial charge on any atom is 0.356 e. The zero-order chi connectivity index (χ0) is 24.7. The van der Waals surface area contributed by atoms with Gasteiger partial charge in [-0.3, -0.25) is 4.79 Å². The Kier molecular flexibility index (Phi) is 6.24. The summed E-state index contributed by atoms with van der Waals surface area (Å²) < 4.78 is 8.35. The number of H-pyrrole nitrogens is 1. The average Bonchev–Trinajstić information content (AvgIpc) is 3.12. The molecule has 5 rings (SSSR count). The number of nitrogens with one attached hydrogen (secondary N) is 1. The van der Waals surface area contributed by atoms with Gasteiger partial charge in [-0.15, -0.1) is 0 Å². The summed E-state index contributed by atoms with van der Waals surface area (Å²) in [4.78, 5) is 29.6. The molecule has 5 nitrogen and oxygen atoms in total. The van der Waals surface area contributed by atoms with Crippen molar-refractivity contribution in [3.8, 4) is 22.5 Å². The van der Waals surface area contributed by atoms with E-state index in [0.29, 0.717) is 17.8 Å². The van der Waals surface area contributed by atoms with E-state index in [9.17, 15) is 9.59 Å². The van der Waals surface area contributed by atoms with E-state index < -0.39 is 0 Å². The Balaban J connectivity index is 1.71. The number of fused-ring (bicyclic) bond motifs is 3. The molecule has 1 aliphatic carbocycles. The smallest absolute Gasteiger partial charge is 0.356 e. The highest BCUT2D eigenvalue weighted by Crippen LogP contribution is 2.41. The van der Waals surface area contributed by atoms with E-state index in [4.69, 9.17) is 4.74 Å². The van der Waals surface area contributed by atoms with Gasteiger partial charge in [0.25, 0.3) is 5.56 Å². The molecule has 6 heteroatoms. The molecule has 0 aliphatic heterocycles. The van der Waals surface area contributed by atoms with Crippen molar-refractivity contribution in [2.45, 2.75) is 46.3 Å². The summed E-state index contributed by atoms with van der Waals surface area (Å²) in [5.41, 5.74) is 7.83. The number of carbonyl (C=O) groups excluding carboxylic acids is 1. The summed E-state index contributed by atoms with van der Waals surface area (Å²) in [7, 11) is 0. The molecule has 0 amide bonds. The minimum atomic E-state index is -0.377. The summed E-state index contributed by atoms with van der Waals surface area (Å²) in [5.74, 6) is -0.377. The van der Waals surface area contributed by atoms with Crippen molar-refractivity contribution in [2.24, 2.45) is 0 Å². The van der Waals surface area contributed by atoms with Gasteiger partial charge in [0.05, 0.1) is 22.0 Å². The number of benzene rings is 2. The number of pyridine rings is 1. The highest BCUT2D eigenvalue weighted by atomic mass is 79.9. The molecule has 2 aromatic heterocycles. The van der Waals surface area contributed by atoms with Crippen molar-refractivity contribution < 1.29 is 9.53 Å². The molecule has 0 atom stereocenters. The number of halogens is 1. The molecule has 0 saturated carbocycles. The molecule has 0 fully saturated rings. The third-order valence-corrected chi connectivity index (χ3v) is 7.24. The van der Waals surface area contributed by atoms with E-state index in [2.05, 4.69) is 52.1 Å². The van der Waals surface area contributed by atoms with Crippen molar-refractivity contribution in [1.29, 1.82) is 0 Å². The maximum atomic E-state index is 13.2. The van der Waals surface area contributed by atoms with E-state index >= 15 is 0 Å². The second kappa shape index (κ2) is 9.34. The molecule has 4 aromatic rings.